The molecule has 2 aliphatic rings. The van der Waals surface area contributed by atoms with Crippen molar-refractivity contribution in [3.63, 3.8) is 0 Å². The van der Waals surface area contributed by atoms with E-state index in [2.05, 4.69) is 11.8 Å². The molecule has 3 rings (SSSR count). The third-order valence-electron chi connectivity index (χ3n) is 4.92. The number of nitrogens with zero attached hydrogens (tertiary/aromatic N) is 3. The second-order valence-corrected chi connectivity index (χ2v) is 8.91. The highest BCUT2D eigenvalue weighted by molar-refractivity contribution is 7.92. The van der Waals surface area contributed by atoms with Gasteiger partial charge in [-0.1, -0.05) is 18.5 Å². The number of benzene rings is 1. The largest absolute Gasteiger partial charge is 0.336 e. The summed E-state index contributed by atoms with van der Waals surface area (Å²) in [5.74, 6) is 0.0589. The van der Waals surface area contributed by atoms with Crippen LogP contribution in [0.25, 0.3) is 0 Å². The van der Waals surface area contributed by atoms with Crippen LogP contribution in [0.3, 0.4) is 0 Å². The number of hydrogen-bond donors (Lipinski definition) is 0. The van der Waals surface area contributed by atoms with Gasteiger partial charge in [0.1, 0.15) is 0 Å². The van der Waals surface area contributed by atoms with Crippen molar-refractivity contribution >= 4 is 33.2 Å². The first-order chi connectivity index (χ1) is 11.9. The zero-order valence-corrected chi connectivity index (χ0v) is 16.0. The number of amides is 1. The van der Waals surface area contributed by atoms with E-state index >= 15 is 0 Å². The van der Waals surface area contributed by atoms with E-state index < -0.39 is 10.0 Å². The summed E-state index contributed by atoms with van der Waals surface area (Å²) < 4.78 is 26.1. The van der Waals surface area contributed by atoms with Crippen LogP contribution in [0.4, 0.5) is 5.69 Å². The molecule has 0 aromatic heterocycles. The van der Waals surface area contributed by atoms with Crippen molar-refractivity contribution in [2.24, 2.45) is 0 Å². The molecule has 0 N–H and O–H groups in total. The zero-order chi connectivity index (χ0) is 18.0. The summed E-state index contributed by atoms with van der Waals surface area (Å²) in [5, 5.41) is 0.359. The number of anilines is 1. The van der Waals surface area contributed by atoms with Gasteiger partial charge in [0.25, 0.3) is 5.91 Å². The summed E-state index contributed by atoms with van der Waals surface area (Å²) in [4.78, 5) is 16.9. The Labute approximate surface area is 154 Å². The van der Waals surface area contributed by atoms with Crippen molar-refractivity contribution in [2.75, 3.05) is 49.3 Å². The number of likely N-dealkylation sites (N-methyl/N-ethyl adjacent to an activating group) is 1. The molecular formula is C17H24ClN3O3S. The smallest absolute Gasteiger partial charge is 0.254 e. The van der Waals surface area contributed by atoms with Crippen molar-refractivity contribution in [3.8, 4) is 0 Å². The minimum atomic E-state index is -3.36. The van der Waals surface area contributed by atoms with Crippen LogP contribution in [0.15, 0.2) is 18.2 Å². The van der Waals surface area contributed by atoms with Crippen LogP contribution in [0.5, 0.6) is 0 Å². The van der Waals surface area contributed by atoms with Crippen molar-refractivity contribution in [1.82, 2.24) is 9.80 Å². The standard InChI is InChI=1S/C17H24ClN3O3S/c1-2-19-8-10-20(11-9-19)17(22)14-5-6-15(18)16(13-14)21-7-3-4-12-25(21,23)24/h5-6,13H,2-4,7-12H2,1H3. The van der Waals surface area contributed by atoms with Crippen molar-refractivity contribution in [1.29, 1.82) is 0 Å². The fourth-order valence-corrected chi connectivity index (χ4v) is 5.26. The molecule has 25 heavy (non-hydrogen) atoms. The minimum Gasteiger partial charge on any atom is -0.336 e. The number of carbonyl (C=O) groups is 1. The summed E-state index contributed by atoms with van der Waals surface area (Å²) in [7, 11) is -3.36. The molecule has 138 valence electrons. The Kier molecular flexibility index (Phi) is 5.55. The second-order valence-electron chi connectivity index (χ2n) is 6.49. The topological polar surface area (TPSA) is 60.9 Å². The van der Waals surface area contributed by atoms with Gasteiger partial charge in [-0.2, -0.15) is 0 Å². The lowest BCUT2D eigenvalue weighted by Crippen LogP contribution is -2.48. The Balaban J connectivity index is 1.83. The first kappa shape index (κ1) is 18.5. The fourth-order valence-electron chi connectivity index (χ4n) is 3.35. The Morgan fingerprint density at radius 2 is 1.84 bits per heavy atom. The molecule has 0 bridgehead atoms. The Morgan fingerprint density at radius 1 is 1.12 bits per heavy atom. The first-order valence-corrected chi connectivity index (χ1v) is 10.7. The number of piperazine rings is 1. The van der Waals surface area contributed by atoms with Crippen LogP contribution in [-0.2, 0) is 10.0 Å². The molecule has 0 spiro atoms. The maximum Gasteiger partial charge on any atom is 0.254 e. The molecule has 6 nitrogen and oxygen atoms in total. The highest BCUT2D eigenvalue weighted by atomic mass is 35.5. The molecule has 0 radical (unpaired) electrons. The van der Waals surface area contributed by atoms with Gasteiger partial charge in [-0.3, -0.25) is 9.10 Å². The van der Waals surface area contributed by atoms with E-state index in [0.717, 1.165) is 26.1 Å². The summed E-state index contributed by atoms with van der Waals surface area (Å²) in [6, 6.07) is 4.92. The molecule has 0 saturated carbocycles. The number of hydrogen-bond acceptors (Lipinski definition) is 4. The van der Waals surface area contributed by atoms with E-state index in [0.29, 0.717) is 42.3 Å². The second kappa shape index (κ2) is 7.51. The third kappa shape index (κ3) is 3.93. The number of halogens is 1. The van der Waals surface area contributed by atoms with E-state index in [1.165, 1.54) is 4.31 Å². The zero-order valence-electron chi connectivity index (χ0n) is 14.4. The monoisotopic (exact) mass is 385 g/mol. The van der Waals surface area contributed by atoms with Crippen LogP contribution in [0, 0.1) is 0 Å². The highest BCUT2D eigenvalue weighted by Gasteiger charge is 2.29. The van der Waals surface area contributed by atoms with Gasteiger partial charge in [0.15, 0.2) is 0 Å². The Bertz CT molecular complexity index is 746. The summed E-state index contributed by atoms with van der Waals surface area (Å²) in [5.41, 5.74) is 0.907. The van der Waals surface area contributed by atoms with Crippen LogP contribution in [-0.4, -0.2) is 69.1 Å². The van der Waals surface area contributed by atoms with E-state index in [-0.39, 0.29) is 11.7 Å². The predicted octanol–water partition coefficient (Wildman–Crippen LogP) is 2.05. The van der Waals surface area contributed by atoms with Gasteiger partial charge in [-0.05, 0) is 37.6 Å². The molecular weight excluding hydrogens is 362 g/mol. The molecule has 2 aliphatic heterocycles. The maximum absolute atomic E-state index is 12.8. The molecule has 0 atom stereocenters. The molecule has 2 heterocycles. The van der Waals surface area contributed by atoms with E-state index in [1.807, 2.05) is 4.90 Å². The maximum atomic E-state index is 12.8. The van der Waals surface area contributed by atoms with E-state index in [1.54, 1.807) is 18.2 Å². The molecule has 0 unspecified atom stereocenters. The van der Waals surface area contributed by atoms with Gasteiger partial charge in [-0.25, -0.2) is 8.42 Å². The molecule has 1 amide bonds. The van der Waals surface area contributed by atoms with Crippen LogP contribution >= 0.6 is 11.6 Å². The summed E-state index contributed by atoms with van der Waals surface area (Å²) in [6.07, 6.45) is 1.46. The lowest BCUT2D eigenvalue weighted by atomic mass is 10.1. The Hall–Kier alpha value is -1.31. The van der Waals surface area contributed by atoms with Crippen molar-refractivity contribution in [2.45, 2.75) is 19.8 Å². The fraction of sp³-hybridized carbons (Fsp3) is 0.588. The van der Waals surface area contributed by atoms with Crippen LogP contribution in [0.2, 0.25) is 5.02 Å². The minimum absolute atomic E-state index is 0.0666. The number of carbonyl (C=O) groups excluding carboxylic acids is 1. The molecule has 2 saturated heterocycles. The van der Waals surface area contributed by atoms with Gasteiger partial charge in [0.2, 0.25) is 10.0 Å². The highest BCUT2D eigenvalue weighted by Crippen LogP contribution is 2.32. The van der Waals surface area contributed by atoms with Crippen LogP contribution < -0.4 is 4.31 Å². The lowest BCUT2D eigenvalue weighted by molar-refractivity contribution is 0.0643. The summed E-state index contributed by atoms with van der Waals surface area (Å²) in [6.45, 7) is 6.61. The van der Waals surface area contributed by atoms with Gasteiger partial charge >= 0.3 is 0 Å². The quantitative estimate of drug-likeness (QED) is 0.798. The number of sulfonamides is 1. The third-order valence-corrected chi connectivity index (χ3v) is 7.09. The van der Waals surface area contributed by atoms with Crippen molar-refractivity contribution in [3.05, 3.63) is 28.8 Å². The summed E-state index contributed by atoms with van der Waals surface area (Å²) >= 11 is 6.25. The van der Waals surface area contributed by atoms with Gasteiger partial charge in [0, 0.05) is 38.3 Å². The van der Waals surface area contributed by atoms with Crippen molar-refractivity contribution < 1.29 is 13.2 Å². The average Bonchev–Trinajstić information content (AvgIpc) is 2.62. The van der Waals surface area contributed by atoms with Crippen LogP contribution in [0.1, 0.15) is 30.1 Å². The Morgan fingerprint density at radius 3 is 2.48 bits per heavy atom. The van der Waals surface area contributed by atoms with Gasteiger partial charge < -0.3 is 9.80 Å². The normalized spacial score (nSPS) is 21.4. The average molecular weight is 386 g/mol. The molecule has 8 heteroatoms. The first-order valence-electron chi connectivity index (χ1n) is 8.74. The molecule has 2 fully saturated rings. The SMILES string of the molecule is CCN1CCN(C(=O)c2ccc(Cl)c(N3CCCCS3(=O)=O)c2)CC1. The lowest BCUT2D eigenvalue weighted by Gasteiger charge is -2.34. The predicted molar refractivity (Wildman–Crippen MR) is 99.8 cm³/mol. The molecule has 0 aliphatic carbocycles. The molecule has 1 aromatic carbocycles. The van der Waals surface area contributed by atoms with Gasteiger partial charge in [0.05, 0.1) is 16.5 Å². The van der Waals surface area contributed by atoms with E-state index in [4.69, 9.17) is 11.6 Å². The van der Waals surface area contributed by atoms with E-state index in [9.17, 15) is 13.2 Å². The molecule has 1 aromatic rings. The van der Waals surface area contributed by atoms with Gasteiger partial charge in [-0.15, -0.1) is 0 Å². The number of rotatable bonds is 3.